The van der Waals surface area contributed by atoms with Crippen LogP contribution >= 0.6 is 11.8 Å². The second-order valence-corrected chi connectivity index (χ2v) is 6.12. The van der Waals surface area contributed by atoms with E-state index in [9.17, 15) is 0 Å². The third-order valence-corrected chi connectivity index (χ3v) is 4.40. The molecule has 2 heterocycles. The van der Waals surface area contributed by atoms with Crippen LogP contribution in [0.4, 0.5) is 0 Å². The van der Waals surface area contributed by atoms with Crippen molar-refractivity contribution >= 4 is 16.9 Å². The lowest BCUT2D eigenvalue weighted by atomic mass is 10.1. The second kappa shape index (κ2) is 5.33. The molecule has 0 saturated carbocycles. The zero-order valence-corrected chi connectivity index (χ0v) is 12.0. The van der Waals surface area contributed by atoms with Crippen LogP contribution in [0.1, 0.15) is 19.4 Å². The van der Waals surface area contributed by atoms with E-state index in [4.69, 9.17) is 9.47 Å². The number of nitrogens with zero attached hydrogens (tertiary/aromatic N) is 1. The van der Waals surface area contributed by atoms with Crippen LogP contribution in [0.3, 0.4) is 0 Å². The van der Waals surface area contributed by atoms with Crippen molar-refractivity contribution in [1.82, 2.24) is 5.32 Å². The fourth-order valence-corrected chi connectivity index (χ4v) is 3.26. The third-order valence-electron chi connectivity index (χ3n) is 3.36. The lowest BCUT2D eigenvalue weighted by Crippen LogP contribution is -2.31. The van der Waals surface area contributed by atoms with Crippen molar-refractivity contribution in [3.63, 3.8) is 0 Å². The summed E-state index contributed by atoms with van der Waals surface area (Å²) in [4.78, 5) is 4.62. The van der Waals surface area contributed by atoms with Gasteiger partial charge in [0, 0.05) is 11.8 Å². The van der Waals surface area contributed by atoms with Crippen molar-refractivity contribution in [2.75, 3.05) is 12.5 Å². The monoisotopic (exact) mass is 278 g/mol. The molecular weight excluding hydrogens is 260 g/mol. The smallest absolute Gasteiger partial charge is 0.231 e. The average molecular weight is 278 g/mol. The molecule has 4 nitrogen and oxygen atoms in total. The molecule has 3 rings (SSSR count). The summed E-state index contributed by atoms with van der Waals surface area (Å²) in [5.41, 5.74) is 1.15. The van der Waals surface area contributed by atoms with Gasteiger partial charge in [-0.3, -0.25) is 4.99 Å². The normalized spacial score (nSPS) is 23.1. The summed E-state index contributed by atoms with van der Waals surface area (Å²) in [6, 6.07) is 6.54. The lowest BCUT2D eigenvalue weighted by molar-refractivity contribution is 0.174. The van der Waals surface area contributed by atoms with Gasteiger partial charge in [0.2, 0.25) is 6.79 Å². The molecule has 0 aliphatic carbocycles. The first-order chi connectivity index (χ1) is 9.22. The SMILES string of the molecule is CC(C)[C@H]1CSC(=NCc2ccc3c(c2)OCO3)N1. The number of hydrogen-bond acceptors (Lipinski definition) is 4. The van der Waals surface area contributed by atoms with E-state index < -0.39 is 0 Å². The second-order valence-electron chi connectivity index (χ2n) is 5.11. The van der Waals surface area contributed by atoms with Gasteiger partial charge in [0.1, 0.15) is 0 Å². The van der Waals surface area contributed by atoms with Gasteiger partial charge in [0.15, 0.2) is 16.7 Å². The van der Waals surface area contributed by atoms with Crippen LogP contribution in [0.15, 0.2) is 23.2 Å². The summed E-state index contributed by atoms with van der Waals surface area (Å²) in [5, 5.41) is 4.52. The fraction of sp³-hybridized carbons (Fsp3) is 0.500. The molecule has 1 N–H and O–H groups in total. The van der Waals surface area contributed by atoms with Crippen molar-refractivity contribution in [1.29, 1.82) is 0 Å². The van der Waals surface area contributed by atoms with Gasteiger partial charge < -0.3 is 14.8 Å². The predicted octanol–water partition coefficient (Wildman–Crippen LogP) is 2.63. The van der Waals surface area contributed by atoms with Gasteiger partial charge in [-0.2, -0.15) is 0 Å². The van der Waals surface area contributed by atoms with Gasteiger partial charge in [-0.05, 0) is 23.6 Å². The first-order valence-electron chi connectivity index (χ1n) is 6.54. The molecule has 1 aromatic rings. The van der Waals surface area contributed by atoms with Gasteiger partial charge in [0.25, 0.3) is 0 Å². The van der Waals surface area contributed by atoms with Crippen molar-refractivity contribution < 1.29 is 9.47 Å². The average Bonchev–Trinajstić information content (AvgIpc) is 3.04. The molecule has 0 spiro atoms. The summed E-state index contributed by atoms with van der Waals surface area (Å²) >= 11 is 1.81. The zero-order chi connectivity index (χ0) is 13.2. The minimum absolute atomic E-state index is 0.320. The molecule has 0 amide bonds. The molecule has 0 unspecified atom stereocenters. The number of aliphatic imine (C=N–C) groups is 1. The quantitative estimate of drug-likeness (QED) is 0.923. The maximum Gasteiger partial charge on any atom is 0.231 e. The van der Waals surface area contributed by atoms with E-state index in [1.165, 1.54) is 0 Å². The Morgan fingerprint density at radius 1 is 1.37 bits per heavy atom. The van der Waals surface area contributed by atoms with E-state index in [1.54, 1.807) is 11.8 Å². The highest BCUT2D eigenvalue weighted by molar-refractivity contribution is 8.14. The van der Waals surface area contributed by atoms with Crippen LogP contribution < -0.4 is 14.8 Å². The van der Waals surface area contributed by atoms with E-state index in [1.807, 2.05) is 18.2 Å². The van der Waals surface area contributed by atoms with Crippen LogP contribution in [0.25, 0.3) is 0 Å². The Bertz CT molecular complexity index is 502. The van der Waals surface area contributed by atoms with E-state index in [0.717, 1.165) is 28.0 Å². The Labute approximate surface area is 117 Å². The Hall–Kier alpha value is -1.36. The Morgan fingerprint density at radius 3 is 3.00 bits per heavy atom. The molecule has 19 heavy (non-hydrogen) atoms. The molecule has 0 bridgehead atoms. The van der Waals surface area contributed by atoms with Crippen molar-refractivity contribution in [3.05, 3.63) is 23.8 Å². The largest absolute Gasteiger partial charge is 0.454 e. The van der Waals surface area contributed by atoms with Crippen LogP contribution in [0.2, 0.25) is 0 Å². The number of rotatable bonds is 3. The van der Waals surface area contributed by atoms with Gasteiger partial charge in [-0.15, -0.1) is 0 Å². The summed E-state index contributed by atoms with van der Waals surface area (Å²) in [5.74, 6) is 3.40. The zero-order valence-electron chi connectivity index (χ0n) is 11.2. The highest BCUT2D eigenvalue weighted by Crippen LogP contribution is 2.32. The van der Waals surface area contributed by atoms with Gasteiger partial charge in [0.05, 0.1) is 6.54 Å². The number of nitrogens with one attached hydrogen (secondary N) is 1. The summed E-state index contributed by atoms with van der Waals surface area (Å²) < 4.78 is 10.7. The highest BCUT2D eigenvalue weighted by Gasteiger charge is 2.22. The molecule has 1 saturated heterocycles. The lowest BCUT2D eigenvalue weighted by Gasteiger charge is -2.13. The minimum Gasteiger partial charge on any atom is -0.454 e. The molecule has 0 aromatic heterocycles. The standard InChI is InChI=1S/C14H18N2O2S/c1-9(2)11-7-19-14(16-11)15-6-10-3-4-12-13(5-10)18-8-17-12/h3-5,9,11H,6-8H2,1-2H3,(H,15,16)/t11-/m1/s1. The van der Waals surface area contributed by atoms with Gasteiger partial charge >= 0.3 is 0 Å². The number of fused-ring (bicyclic) bond motifs is 1. The third kappa shape index (κ3) is 2.81. The number of hydrogen-bond donors (Lipinski definition) is 1. The first kappa shape index (κ1) is 12.7. The molecule has 1 atom stereocenters. The summed E-state index contributed by atoms with van der Waals surface area (Å²) in [6.07, 6.45) is 0. The molecule has 5 heteroatoms. The molecule has 1 fully saturated rings. The van der Waals surface area contributed by atoms with Crippen LogP contribution in [-0.4, -0.2) is 23.8 Å². The Morgan fingerprint density at radius 2 is 2.21 bits per heavy atom. The van der Waals surface area contributed by atoms with Crippen LogP contribution in [-0.2, 0) is 6.54 Å². The molecule has 0 radical (unpaired) electrons. The summed E-state index contributed by atoms with van der Waals surface area (Å²) in [6.45, 7) is 5.47. The van der Waals surface area contributed by atoms with Crippen LogP contribution in [0, 0.1) is 5.92 Å². The first-order valence-corrected chi connectivity index (χ1v) is 7.53. The van der Waals surface area contributed by atoms with Crippen molar-refractivity contribution in [2.24, 2.45) is 10.9 Å². The molecular formula is C14H18N2O2S. The maximum atomic E-state index is 5.37. The summed E-state index contributed by atoms with van der Waals surface area (Å²) in [7, 11) is 0. The van der Waals surface area contributed by atoms with Crippen molar-refractivity contribution in [2.45, 2.75) is 26.4 Å². The van der Waals surface area contributed by atoms with Gasteiger partial charge in [-0.25, -0.2) is 0 Å². The van der Waals surface area contributed by atoms with E-state index in [2.05, 4.69) is 24.2 Å². The molecule has 102 valence electrons. The molecule has 2 aliphatic heterocycles. The molecule has 1 aromatic carbocycles. The topological polar surface area (TPSA) is 42.9 Å². The van der Waals surface area contributed by atoms with E-state index in [0.29, 0.717) is 25.3 Å². The van der Waals surface area contributed by atoms with Gasteiger partial charge in [-0.1, -0.05) is 31.7 Å². The number of benzene rings is 1. The highest BCUT2D eigenvalue weighted by atomic mass is 32.2. The van der Waals surface area contributed by atoms with Crippen molar-refractivity contribution in [3.8, 4) is 11.5 Å². The number of ether oxygens (including phenoxy) is 2. The Kier molecular flexibility index (Phi) is 3.55. The predicted molar refractivity (Wildman–Crippen MR) is 77.9 cm³/mol. The number of amidine groups is 1. The van der Waals surface area contributed by atoms with E-state index >= 15 is 0 Å². The van der Waals surface area contributed by atoms with Crippen LogP contribution in [0.5, 0.6) is 11.5 Å². The number of thioether (sulfide) groups is 1. The Balaban J connectivity index is 1.63. The molecule has 2 aliphatic rings. The van der Waals surface area contributed by atoms with E-state index in [-0.39, 0.29) is 0 Å². The maximum absolute atomic E-state index is 5.37. The fourth-order valence-electron chi connectivity index (χ4n) is 2.06. The minimum atomic E-state index is 0.320.